The lowest BCUT2D eigenvalue weighted by Gasteiger charge is -2.40. The van der Waals surface area contributed by atoms with E-state index in [-0.39, 0.29) is 22.6 Å². The molecule has 2 heterocycles. The molecule has 2 N–H and O–H groups in total. The number of alkyl halides is 2. The molecule has 190 valence electrons. The van der Waals surface area contributed by atoms with Crippen molar-refractivity contribution < 1.29 is 28.2 Å². The summed E-state index contributed by atoms with van der Waals surface area (Å²) < 4.78 is 37.2. The molecule has 0 fully saturated rings. The zero-order valence-corrected chi connectivity index (χ0v) is 20.5. The van der Waals surface area contributed by atoms with E-state index in [1.54, 1.807) is 13.2 Å². The maximum atomic E-state index is 13.5. The molecule has 7 nitrogen and oxygen atoms in total. The number of fused-ring (bicyclic) bond motifs is 5. The molecule has 2 aliphatic rings. The summed E-state index contributed by atoms with van der Waals surface area (Å²) in [6.07, 6.45) is 2.94. The second-order valence-electron chi connectivity index (χ2n) is 10.3. The molecule has 1 unspecified atom stereocenters. The topological polar surface area (TPSA) is 91.9 Å². The zero-order valence-electron chi connectivity index (χ0n) is 20.5. The maximum Gasteiger partial charge on any atom is 0.387 e. The lowest BCUT2D eigenvalue weighted by molar-refractivity contribution is -0.0495. The Morgan fingerprint density at radius 3 is 2.66 bits per heavy atom. The molecular formula is C26H32F2N2O5. The van der Waals surface area contributed by atoms with Gasteiger partial charge in [-0.2, -0.15) is 8.78 Å². The summed E-state index contributed by atoms with van der Waals surface area (Å²) in [7, 11) is 1.63. The number of hydrogen-bond acceptors (Lipinski definition) is 5. The molecule has 35 heavy (non-hydrogen) atoms. The van der Waals surface area contributed by atoms with Crippen LogP contribution in [-0.2, 0) is 17.6 Å². The van der Waals surface area contributed by atoms with Gasteiger partial charge in [-0.3, -0.25) is 4.79 Å². The summed E-state index contributed by atoms with van der Waals surface area (Å²) in [5, 5.41) is 9.53. The lowest BCUT2D eigenvalue weighted by Crippen LogP contribution is -2.34. The van der Waals surface area contributed by atoms with Crippen LogP contribution in [0.3, 0.4) is 0 Å². The molecule has 1 atom stereocenters. The van der Waals surface area contributed by atoms with Gasteiger partial charge in [0.05, 0.1) is 11.4 Å². The predicted octanol–water partition coefficient (Wildman–Crippen LogP) is 4.82. The lowest BCUT2D eigenvalue weighted by atomic mass is 9.67. The first-order valence-electron chi connectivity index (χ1n) is 11.9. The highest BCUT2D eigenvalue weighted by atomic mass is 19.3. The zero-order chi connectivity index (χ0) is 25.5. The quantitative estimate of drug-likeness (QED) is 0.541. The highest BCUT2D eigenvalue weighted by molar-refractivity contribution is 5.89. The van der Waals surface area contributed by atoms with Crippen LogP contribution in [0.4, 0.5) is 14.5 Å². The second-order valence-corrected chi connectivity index (χ2v) is 10.3. The molecule has 1 aliphatic heterocycles. The van der Waals surface area contributed by atoms with E-state index < -0.39 is 18.1 Å². The largest absolute Gasteiger partial charge is 0.477 e. The third-order valence-electron chi connectivity index (χ3n) is 7.05. The number of carboxylic acid groups (broad SMARTS) is 1. The number of halogens is 2. The summed E-state index contributed by atoms with van der Waals surface area (Å²) in [6, 6.07) is 3.03. The Morgan fingerprint density at radius 2 is 2.03 bits per heavy atom. The molecule has 0 saturated carbocycles. The van der Waals surface area contributed by atoms with E-state index in [1.807, 2.05) is 0 Å². The van der Waals surface area contributed by atoms with Crippen LogP contribution in [0.25, 0.3) is 11.3 Å². The van der Waals surface area contributed by atoms with E-state index in [0.29, 0.717) is 48.5 Å². The van der Waals surface area contributed by atoms with Crippen LogP contribution in [0.1, 0.15) is 66.6 Å². The Bertz CT molecular complexity index is 1190. The van der Waals surface area contributed by atoms with Gasteiger partial charge >= 0.3 is 12.6 Å². The number of aromatic amines is 1. The van der Waals surface area contributed by atoms with E-state index in [2.05, 4.69) is 30.7 Å². The van der Waals surface area contributed by atoms with Gasteiger partial charge in [-0.25, -0.2) is 4.79 Å². The molecule has 1 aromatic carbocycles. The average Bonchev–Trinajstić information content (AvgIpc) is 2.77. The minimum absolute atomic E-state index is 0.0743. The minimum atomic E-state index is -3.00. The summed E-state index contributed by atoms with van der Waals surface area (Å²) in [6.45, 7) is 5.18. The molecule has 1 aromatic heterocycles. The first-order chi connectivity index (χ1) is 16.5. The number of aromatic carboxylic acids is 1. The molecule has 0 spiro atoms. The number of hydrogen-bond donors (Lipinski definition) is 2. The van der Waals surface area contributed by atoms with E-state index in [1.165, 1.54) is 6.07 Å². The Kier molecular flexibility index (Phi) is 6.90. The number of pyridine rings is 1. The number of carbonyl (C=O) groups is 1. The Hall–Kier alpha value is -2.94. The van der Waals surface area contributed by atoms with Gasteiger partial charge in [0.2, 0.25) is 0 Å². The third kappa shape index (κ3) is 4.78. The van der Waals surface area contributed by atoms with E-state index in [4.69, 9.17) is 9.47 Å². The van der Waals surface area contributed by atoms with Gasteiger partial charge in [0.25, 0.3) is 5.56 Å². The monoisotopic (exact) mass is 490 g/mol. The van der Waals surface area contributed by atoms with Crippen LogP contribution < -0.4 is 15.2 Å². The van der Waals surface area contributed by atoms with Crippen LogP contribution in [0.5, 0.6) is 5.75 Å². The minimum Gasteiger partial charge on any atom is -0.477 e. The number of nitrogens with zero attached hydrogens (tertiary/aromatic N) is 1. The number of carboxylic acids is 1. The van der Waals surface area contributed by atoms with Crippen molar-refractivity contribution in [3.8, 4) is 17.0 Å². The van der Waals surface area contributed by atoms with Gasteiger partial charge in [-0.05, 0) is 65.8 Å². The van der Waals surface area contributed by atoms with E-state index >= 15 is 0 Å². The molecule has 4 rings (SSSR count). The molecule has 0 saturated heterocycles. The van der Waals surface area contributed by atoms with Crippen molar-refractivity contribution in [3.05, 3.63) is 44.7 Å². The smallest absolute Gasteiger partial charge is 0.387 e. The van der Waals surface area contributed by atoms with E-state index in [0.717, 1.165) is 30.5 Å². The van der Waals surface area contributed by atoms with Crippen molar-refractivity contribution in [2.24, 2.45) is 5.41 Å². The van der Waals surface area contributed by atoms with Gasteiger partial charge in [-0.15, -0.1) is 0 Å². The Morgan fingerprint density at radius 1 is 1.29 bits per heavy atom. The highest BCUT2D eigenvalue weighted by Crippen LogP contribution is 2.52. The fourth-order valence-electron chi connectivity index (χ4n) is 5.47. The predicted molar refractivity (Wildman–Crippen MR) is 129 cm³/mol. The fraction of sp³-hybridized carbons (Fsp3) is 0.538. The second kappa shape index (κ2) is 9.60. The molecule has 1 aliphatic carbocycles. The maximum absolute atomic E-state index is 13.5. The number of rotatable bonds is 7. The summed E-state index contributed by atoms with van der Waals surface area (Å²) >= 11 is 0. The van der Waals surface area contributed by atoms with Crippen LogP contribution in [-0.4, -0.2) is 49.5 Å². The number of benzene rings is 1. The number of H-pyrrole nitrogens is 1. The first kappa shape index (κ1) is 25.2. The summed E-state index contributed by atoms with van der Waals surface area (Å²) in [4.78, 5) is 29.2. The van der Waals surface area contributed by atoms with Crippen LogP contribution in [0, 0.1) is 5.41 Å². The number of methoxy groups -OCH3 is 1. The van der Waals surface area contributed by atoms with Gasteiger partial charge in [0.15, 0.2) is 0 Å². The van der Waals surface area contributed by atoms with Crippen LogP contribution in [0.15, 0.2) is 16.9 Å². The first-order valence-corrected chi connectivity index (χ1v) is 11.9. The molecule has 0 radical (unpaired) electrons. The van der Waals surface area contributed by atoms with Crippen molar-refractivity contribution in [1.82, 2.24) is 4.98 Å². The normalized spacial score (nSPS) is 17.1. The average molecular weight is 491 g/mol. The van der Waals surface area contributed by atoms with Crippen LogP contribution >= 0.6 is 0 Å². The Balaban J connectivity index is 1.97. The van der Waals surface area contributed by atoms with Crippen LogP contribution in [0.2, 0.25) is 0 Å². The molecule has 2 aromatic rings. The van der Waals surface area contributed by atoms with Gasteiger partial charge in [-0.1, -0.05) is 20.8 Å². The fourth-order valence-corrected chi connectivity index (χ4v) is 5.47. The number of aromatic nitrogens is 1. The SMILES string of the molecule is COCCCN1CCCc2c3c(cc(OC(F)F)c21)-c1[nH]c(=O)c(C(=O)O)cc1C(C(C)(C)C)C3. The third-order valence-corrected chi connectivity index (χ3v) is 7.05. The summed E-state index contributed by atoms with van der Waals surface area (Å²) in [5.74, 6) is -1.30. The molecule has 9 heteroatoms. The highest BCUT2D eigenvalue weighted by Gasteiger charge is 2.38. The van der Waals surface area contributed by atoms with Crippen molar-refractivity contribution in [2.75, 3.05) is 31.7 Å². The standard InChI is InChI=1S/C26H32F2N2O5/c1-26(2,3)19-12-15-14-7-5-8-30(9-6-10-34-4)22(14)20(35-25(27)28)13-16(15)21-17(19)11-18(24(32)33)23(31)29-21/h11,13,19,25H,5-10,12H2,1-4H3,(H,29,31)(H,32,33). The van der Waals surface area contributed by atoms with E-state index in [9.17, 15) is 23.5 Å². The van der Waals surface area contributed by atoms with Crippen molar-refractivity contribution >= 4 is 11.7 Å². The van der Waals surface area contributed by atoms with Gasteiger partial charge in [0.1, 0.15) is 11.3 Å². The number of anilines is 1. The Labute approximate surface area is 203 Å². The number of ether oxygens (including phenoxy) is 2. The molecular weight excluding hydrogens is 458 g/mol. The molecule has 0 amide bonds. The van der Waals surface area contributed by atoms with Crippen molar-refractivity contribution in [3.63, 3.8) is 0 Å². The number of nitrogens with one attached hydrogen (secondary N) is 1. The summed E-state index contributed by atoms with van der Waals surface area (Å²) in [5.41, 5.74) is 3.19. The van der Waals surface area contributed by atoms with Gasteiger partial charge in [0, 0.05) is 32.4 Å². The van der Waals surface area contributed by atoms with Crippen molar-refractivity contribution in [2.45, 2.75) is 59.0 Å². The van der Waals surface area contributed by atoms with Crippen molar-refractivity contribution in [1.29, 1.82) is 0 Å². The molecule has 0 bridgehead atoms. The van der Waals surface area contributed by atoms with Gasteiger partial charge < -0.3 is 24.5 Å².